The van der Waals surface area contributed by atoms with Crippen molar-refractivity contribution in [3.05, 3.63) is 58.7 Å². The predicted octanol–water partition coefficient (Wildman–Crippen LogP) is 3.31. The molecule has 142 valence electrons. The van der Waals surface area contributed by atoms with Gasteiger partial charge in [0, 0.05) is 38.8 Å². The number of rotatable bonds is 5. The zero-order chi connectivity index (χ0) is 19.4. The highest BCUT2D eigenvalue weighted by Gasteiger charge is 2.27. The van der Waals surface area contributed by atoms with Crippen LogP contribution in [0.25, 0.3) is 0 Å². The second-order valence-electron chi connectivity index (χ2n) is 6.79. The smallest absolute Gasteiger partial charge is 0.335 e. The van der Waals surface area contributed by atoms with Gasteiger partial charge in [0.05, 0.1) is 10.6 Å². The third-order valence-electron chi connectivity index (χ3n) is 4.88. The molecule has 1 aromatic carbocycles. The predicted molar refractivity (Wildman–Crippen MR) is 104 cm³/mol. The first kappa shape index (κ1) is 19.2. The molecule has 0 atom stereocenters. The largest absolute Gasteiger partial charge is 0.478 e. The van der Waals surface area contributed by atoms with Gasteiger partial charge < -0.3 is 14.9 Å². The van der Waals surface area contributed by atoms with Crippen molar-refractivity contribution in [1.29, 1.82) is 0 Å². The minimum Gasteiger partial charge on any atom is -0.478 e. The van der Waals surface area contributed by atoms with Gasteiger partial charge in [-0.05, 0) is 42.7 Å². The Balaban J connectivity index is 1.53. The zero-order valence-corrected chi connectivity index (χ0v) is 15.9. The Kier molecular flexibility index (Phi) is 5.96. The average Bonchev–Trinajstić information content (AvgIpc) is 2.68. The molecular formula is C20H22ClN3O3. The van der Waals surface area contributed by atoms with E-state index in [0.717, 1.165) is 37.3 Å². The summed E-state index contributed by atoms with van der Waals surface area (Å²) in [7, 11) is 1.79. The maximum atomic E-state index is 12.7. The molecular weight excluding hydrogens is 366 g/mol. The van der Waals surface area contributed by atoms with Crippen LogP contribution in [-0.4, -0.2) is 47.0 Å². The van der Waals surface area contributed by atoms with Gasteiger partial charge >= 0.3 is 5.97 Å². The Morgan fingerprint density at radius 3 is 2.41 bits per heavy atom. The molecule has 0 saturated carbocycles. The number of hydrogen-bond acceptors (Lipinski definition) is 4. The third kappa shape index (κ3) is 4.77. The number of pyridine rings is 1. The Bertz CT molecular complexity index is 800. The summed E-state index contributed by atoms with van der Waals surface area (Å²) in [5, 5.41) is 9.57. The SMILES string of the molecule is CN(Cc1ccc(C(=O)O)cc1)C(=O)C1CCN(c2ccc(Cl)cn2)CC1. The van der Waals surface area contributed by atoms with Crippen LogP contribution < -0.4 is 4.90 Å². The lowest BCUT2D eigenvalue weighted by Gasteiger charge is -2.34. The van der Waals surface area contributed by atoms with Crippen molar-refractivity contribution in [3.8, 4) is 0 Å². The lowest BCUT2D eigenvalue weighted by atomic mass is 9.95. The van der Waals surface area contributed by atoms with Crippen LogP contribution in [0, 0.1) is 5.92 Å². The van der Waals surface area contributed by atoms with E-state index in [1.807, 2.05) is 12.1 Å². The molecule has 1 amide bonds. The van der Waals surface area contributed by atoms with Gasteiger partial charge in [-0.2, -0.15) is 0 Å². The number of carboxylic acid groups (broad SMARTS) is 1. The van der Waals surface area contributed by atoms with Crippen molar-refractivity contribution in [2.45, 2.75) is 19.4 Å². The number of carbonyl (C=O) groups is 2. The number of carboxylic acids is 1. The van der Waals surface area contributed by atoms with Gasteiger partial charge in [-0.25, -0.2) is 9.78 Å². The molecule has 0 spiro atoms. The van der Waals surface area contributed by atoms with Gasteiger partial charge in [0.1, 0.15) is 5.82 Å². The Morgan fingerprint density at radius 1 is 1.19 bits per heavy atom. The first-order valence-electron chi connectivity index (χ1n) is 8.88. The van der Waals surface area contributed by atoms with E-state index in [9.17, 15) is 9.59 Å². The maximum Gasteiger partial charge on any atom is 0.335 e. The zero-order valence-electron chi connectivity index (χ0n) is 15.1. The Labute approximate surface area is 163 Å². The third-order valence-corrected chi connectivity index (χ3v) is 5.10. The normalized spacial score (nSPS) is 14.8. The van der Waals surface area contributed by atoms with Crippen LogP contribution in [0.4, 0.5) is 5.82 Å². The van der Waals surface area contributed by atoms with E-state index >= 15 is 0 Å². The molecule has 1 aromatic heterocycles. The molecule has 3 rings (SSSR count). The van der Waals surface area contributed by atoms with Crippen molar-refractivity contribution >= 4 is 29.3 Å². The highest BCUT2D eigenvalue weighted by atomic mass is 35.5. The molecule has 0 radical (unpaired) electrons. The van der Waals surface area contributed by atoms with Crippen LogP contribution >= 0.6 is 11.6 Å². The molecule has 2 aromatic rings. The molecule has 1 N–H and O–H groups in total. The van der Waals surface area contributed by atoms with Gasteiger partial charge in [0.15, 0.2) is 0 Å². The molecule has 6 nitrogen and oxygen atoms in total. The lowest BCUT2D eigenvalue weighted by molar-refractivity contribution is -0.135. The number of anilines is 1. The molecule has 2 heterocycles. The minimum atomic E-state index is -0.951. The quantitative estimate of drug-likeness (QED) is 0.852. The van der Waals surface area contributed by atoms with Gasteiger partial charge in [-0.1, -0.05) is 23.7 Å². The summed E-state index contributed by atoms with van der Waals surface area (Å²) in [5.41, 5.74) is 1.16. The van der Waals surface area contributed by atoms with E-state index in [4.69, 9.17) is 16.7 Å². The molecule has 1 fully saturated rings. The van der Waals surface area contributed by atoms with Crippen LogP contribution in [0.5, 0.6) is 0 Å². The maximum absolute atomic E-state index is 12.7. The van der Waals surface area contributed by atoms with Crippen molar-refractivity contribution in [2.75, 3.05) is 25.0 Å². The van der Waals surface area contributed by atoms with Crippen LogP contribution in [0.15, 0.2) is 42.6 Å². The fourth-order valence-corrected chi connectivity index (χ4v) is 3.44. The topological polar surface area (TPSA) is 73.7 Å². The molecule has 0 unspecified atom stereocenters. The molecule has 27 heavy (non-hydrogen) atoms. The second kappa shape index (κ2) is 8.39. The van der Waals surface area contributed by atoms with E-state index in [0.29, 0.717) is 11.6 Å². The first-order chi connectivity index (χ1) is 12.9. The van der Waals surface area contributed by atoms with Gasteiger partial charge in [0.25, 0.3) is 0 Å². The first-order valence-corrected chi connectivity index (χ1v) is 9.25. The minimum absolute atomic E-state index is 0.00292. The summed E-state index contributed by atoms with van der Waals surface area (Å²) < 4.78 is 0. The Morgan fingerprint density at radius 2 is 1.85 bits per heavy atom. The monoisotopic (exact) mass is 387 g/mol. The van der Waals surface area contributed by atoms with Crippen LogP contribution in [0.1, 0.15) is 28.8 Å². The van der Waals surface area contributed by atoms with E-state index in [2.05, 4.69) is 9.88 Å². The number of carbonyl (C=O) groups excluding carboxylic acids is 1. The summed E-state index contributed by atoms with van der Waals surface area (Å²) in [6, 6.07) is 10.4. The average molecular weight is 388 g/mol. The van der Waals surface area contributed by atoms with E-state index in [1.54, 1.807) is 42.4 Å². The molecule has 1 saturated heterocycles. The highest BCUT2D eigenvalue weighted by Crippen LogP contribution is 2.24. The van der Waals surface area contributed by atoms with E-state index in [1.165, 1.54) is 0 Å². The number of halogens is 1. The number of amides is 1. The molecule has 1 aliphatic rings. The summed E-state index contributed by atoms with van der Waals surface area (Å²) >= 11 is 5.88. The number of aromatic nitrogens is 1. The fourth-order valence-electron chi connectivity index (χ4n) is 3.33. The van der Waals surface area contributed by atoms with Crippen molar-refractivity contribution in [2.24, 2.45) is 5.92 Å². The number of hydrogen-bond donors (Lipinski definition) is 1. The molecule has 1 aliphatic heterocycles. The number of aromatic carboxylic acids is 1. The van der Waals surface area contributed by atoms with Crippen LogP contribution in [0.3, 0.4) is 0 Å². The van der Waals surface area contributed by atoms with Crippen molar-refractivity contribution < 1.29 is 14.7 Å². The number of piperidine rings is 1. The number of nitrogens with zero attached hydrogens (tertiary/aromatic N) is 3. The molecule has 0 bridgehead atoms. The van der Waals surface area contributed by atoms with Crippen LogP contribution in [0.2, 0.25) is 5.02 Å². The van der Waals surface area contributed by atoms with Crippen molar-refractivity contribution in [1.82, 2.24) is 9.88 Å². The lowest BCUT2D eigenvalue weighted by Crippen LogP contribution is -2.41. The van der Waals surface area contributed by atoms with E-state index < -0.39 is 5.97 Å². The highest BCUT2D eigenvalue weighted by molar-refractivity contribution is 6.30. The summed E-state index contributed by atoms with van der Waals surface area (Å²) in [6.45, 7) is 2.04. The van der Waals surface area contributed by atoms with Gasteiger partial charge in [-0.3, -0.25) is 4.79 Å². The van der Waals surface area contributed by atoms with Crippen molar-refractivity contribution in [3.63, 3.8) is 0 Å². The van der Waals surface area contributed by atoms with Crippen LogP contribution in [-0.2, 0) is 11.3 Å². The summed E-state index contributed by atoms with van der Waals surface area (Å²) in [5.74, 6) is 0.0583. The van der Waals surface area contributed by atoms with E-state index in [-0.39, 0.29) is 17.4 Å². The van der Waals surface area contributed by atoms with Gasteiger partial charge in [0.2, 0.25) is 5.91 Å². The Hall–Kier alpha value is -2.60. The molecule has 7 heteroatoms. The molecule has 0 aliphatic carbocycles. The standard InChI is InChI=1S/C20H22ClN3O3/c1-23(13-14-2-4-16(5-3-14)20(26)27)19(25)15-8-10-24(11-9-15)18-7-6-17(21)12-22-18/h2-7,12,15H,8-11,13H2,1H3,(H,26,27). The number of benzene rings is 1. The second-order valence-corrected chi connectivity index (χ2v) is 7.23. The summed E-state index contributed by atoms with van der Waals surface area (Å²) in [6.07, 6.45) is 3.20. The summed E-state index contributed by atoms with van der Waals surface area (Å²) in [4.78, 5) is 31.9. The fraction of sp³-hybridized carbons (Fsp3) is 0.350. The van der Waals surface area contributed by atoms with Gasteiger partial charge in [-0.15, -0.1) is 0 Å².